The predicted octanol–water partition coefficient (Wildman–Crippen LogP) is 3.25. The zero-order valence-corrected chi connectivity index (χ0v) is 14.2. The molecule has 1 aliphatic rings. The Morgan fingerprint density at radius 2 is 1.96 bits per heavy atom. The molecule has 1 unspecified atom stereocenters. The van der Waals surface area contributed by atoms with E-state index in [1.54, 1.807) is 47.5 Å². The second-order valence-electron chi connectivity index (χ2n) is 6.18. The van der Waals surface area contributed by atoms with Gasteiger partial charge < -0.3 is 10.6 Å². The van der Waals surface area contributed by atoms with E-state index >= 15 is 0 Å². The fourth-order valence-electron chi connectivity index (χ4n) is 2.94. The maximum atomic E-state index is 12.7. The van der Waals surface area contributed by atoms with Gasteiger partial charge in [-0.2, -0.15) is 0 Å². The van der Waals surface area contributed by atoms with Gasteiger partial charge in [-0.3, -0.25) is 9.59 Å². The Bertz CT molecular complexity index is 749. The van der Waals surface area contributed by atoms with Crippen LogP contribution in [0.25, 0.3) is 0 Å². The Morgan fingerprint density at radius 1 is 1.26 bits per heavy atom. The summed E-state index contributed by atoms with van der Waals surface area (Å²) in [6, 6.07) is 8.82. The average molecular weight is 328 g/mol. The van der Waals surface area contributed by atoms with Crippen LogP contribution < -0.4 is 10.6 Å². The number of nitrogens with two attached hydrogens (primary N) is 1. The van der Waals surface area contributed by atoms with Gasteiger partial charge in [0.25, 0.3) is 5.91 Å². The Kier molecular flexibility index (Phi) is 4.22. The van der Waals surface area contributed by atoms with Crippen LogP contribution in [0.3, 0.4) is 0 Å². The lowest BCUT2D eigenvalue weighted by Crippen LogP contribution is -2.25. The van der Waals surface area contributed by atoms with Crippen LogP contribution in [0.2, 0.25) is 0 Å². The van der Waals surface area contributed by atoms with Crippen molar-refractivity contribution in [3.8, 4) is 0 Å². The smallest absolute Gasteiger partial charge is 0.268 e. The predicted molar refractivity (Wildman–Crippen MR) is 93.2 cm³/mol. The van der Waals surface area contributed by atoms with Crippen molar-refractivity contribution in [3.05, 3.63) is 51.2 Å². The largest absolute Gasteiger partial charge is 0.366 e. The number of nitrogens with zero attached hydrogens (tertiary/aromatic N) is 1. The van der Waals surface area contributed by atoms with Crippen LogP contribution >= 0.6 is 11.3 Å². The first-order valence-electron chi connectivity index (χ1n) is 7.75. The lowest BCUT2D eigenvalue weighted by Gasteiger charge is -2.16. The third-order valence-corrected chi connectivity index (χ3v) is 5.61. The van der Waals surface area contributed by atoms with E-state index in [1.165, 1.54) is 16.9 Å². The highest BCUT2D eigenvalue weighted by Crippen LogP contribution is 2.33. The van der Waals surface area contributed by atoms with E-state index in [1.807, 2.05) is 6.07 Å². The van der Waals surface area contributed by atoms with Crippen LogP contribution in [-0.4, -0.2) is 18.9 Å². The minimum Gasteiger partial charge on any atom is -0.366 e. The fourth-order valence-corrected chi connectivity index (χ4v) is 4.13. The van der Waals surface area contributed by atoms with Gasteiger partial charge in [0, 0.05) is 23.2 Å². The van der Waals surface area contributed by atoms with Gasteiger partial charge in [-0.25, -0.2) is 0 Å². The third-order valence-electron chi connectivity index (χ3n) is 4.38. The summed E-state index contributed by atoms with van der Waals surface area (Å²) in [5.74, 6) is 0.216. The number of aryl methyl sites for hydroxylation is 1. The molecule has 1 heterocycles. The molecule has 4 nitrogen and oxygen atoms in total. The monoisotopic (exact) mass is 328 g/mol. The normalized spacial score (nSPS) is 16.7. The molecule has 0 radical (unpaired) electrons. The molecule has 2 amide bonds. The second kappa shape index (κ2) is 6.16. The number of hydrogen-bond acceptors (Lipinski definition) is 3. The fraction of sp³-hybridized carbons (Fsp3) is 0.333. The van der Waals surface area contributed by atoms with Gasteiger partial charge in [0.1, 0.15) is 0 Å². The zero-order chi connectivity index (χ0) is 16.6. The van der Waals surface area contributed by atoms with E-state index in [0.29, 0.717) is 11.5 Å². The van der Waals surface area contributed by atoms with Gasteiger partial charge >= 0.3 is 0 Å². The number of thiophene rings is 1. The number of benzene rings is 1. The highest BCUT2D eigenvalue weighted by molar-refractivity contribution is 7.14. The summed E-state index contributed by atoms with van der Waals surface area (Å²) in [6.07, 6.45) is 3.34. The first kappa shape index (κ1) is 15.7. The number of fused-ring (bicyclic) bond motifs is 1. The summed E-state index contributed by atoms with van der Waals surface area (Å²) in [5, 5.41) is 0. The van der Waals surface area contributed by atoms with Crippen molar-refractivity contribution in [2.45, 2.75) is 26.2 Å². The molecule has 2 aromatic rings. The molecule has 1 atom stereocenters. The molecule has 3 rings (SSSR count). The van der Waals surface area contributed by atoms with Crippen LogP contribution in [-0.2, 0) is 12.8 Å². The van der Waals surface area contributed by atoms with Crippen LogP contribution in [0.1, 0.15) is 43.8 Å². The molecular formula is C18H20N2O2S. The van der Waals surface area contributed by atoms with Crippen molar-refractivity contribution < 1.29 is 9.59 Å². The average Bonchev–Trinajstić information content (AvgIpc) is 2.96. The molecule has 5 heteroatoms. The van der Waals surface area contributed by atoms with Crippen molar-refractivity contribution in [2.75, 3.05) is 11.9 Å². The van der Waals surface area contributed by atoms with E-state index in [2.05, 4.69) is 6.92 Å². The Labute approximate surface area is 139 Å². The molecule has 0 bridgehead atoms. The summed E-state index contributed by atoms with van der Waals surface area (Å²) in [7, 11) is 1.75. The highest BCUT2D eigenvalue weighted by Gasteiger charge is 2.22. The Balaban J connectivity index is 1.81. The second-order valence-corrected chi connectivity index (χ2v) is 7.32. The molecule has 2 N–H and O–H groups in total. The van der Waals surface area contributed by atoms with Gasteiger partial charge in [-0.05, 0) is 61.1 Å². The summed E-state index contributed by atoms with van der Waals surface area (Å²) in [5.41, 5.74) is 7.76. The summed E-state index contributed by atoms with van der Waals surface area (Å²) < 4.78 is 0. The molecule has 1 aliphatic carbocycles. The minimum atomic E-state index is -0.467. The molecule has 0 spiro atoms. The molecule has 1 aromatic heterocycles. The maximum Gasteiger partial charge on any atom is 0.268 e. The number of anilines is 1. The molecule has 0 saturated heterocycles. The van der Waals surface area contributed by atoms with Crippen molar-refractivity contribution in [1.82, 2.24) is 0 Å². The van der Waals surface area contributed by atoms with Crippen LogP contribution in [0.5, 0.6) is 0 Å². The van der Waals surface area contributed by atoms with Crippen molar-refractivity contribution in [2.24, 2.45) is 11.7 Å². The number of amides is 2. The molecule has 120 valence electrons. The van der Waals surface area contributed by atoms with E-state index in [0.717, 1.165) is 23.4 Å². The van der Waals surface area contributed by atoms with E-state index in [-0.39, 0.29) is 5.91 Å². The minimum absolute atomic E-state index is 0.0103. The van der Waals surface area contributed by atoms with E-state index < -0.39 is 5.91 Å². The van der Waals surface area contributed by atoms with Crippen molar-refractivity contribution in [3.63, 3.8) is 0 Å². The summed E-state index contributed by atoms with van der Waals surface area (Å²) in [6.45, 7) is 2.26. The van der Waals surface area contributed by atoms with Crippen molar-refractivity contribution in [1.29, 1.82) is 0 Å². The number of carbonyl (C=O) groups is 2. The van der Waals surface area contributed by atoms with Gasteiger partial charge in [-0.15, -0.1) is 11.3 Å². The standard InChI is InChI=1S/C18H20N2O2S/c1-11-3-8-15-13(9-11)10-16(23-15)18(22)20(2)14-6-4-12(5-7-14)17(19)21/h4-7,10-11H,3,8-9H2,1-2H3,(H2,19,21). The molecule has 23 heavy (non-hydrogen) atoms. The first-order valence-corrected chi connectivity index (χ1v) is 8.57. The molecule has 0 saturated carbocycles. The van der Waals surface area contributed by atoms with Gasteiger partial charge in [0.15, 0.2) is 0 Å². The molecule has 0 aliphatic heterocycles. The first-order chi connectivity index (χ1) is 11.0. The summed E-state index contributed by atoms with van der Waals surface area (Å²) in [4.78, 5) is 27.6. The topological polar surface area (TPSA) is 63.4 Å². The van der Waals surface area contributed by atoms with Gasteiger partial charge in [0.05, 0.1) is 4.88 Å². The Morgan fingerprint density at radius 3 is 2.61 bits per heavy atom. The van der Waals surface area contributed by atoms with Crippen LogP contribution in [0.15, 0.2) is 30.3 Å². The van der Waals surface area contributed by atoms with Gasteiger partial charge in [0.2, 0.25) is 5.91 Å². The number of rotatable bonds is 3. The number of primary amides is 1. The third kappa shape index (κ3) is 3.15. The van der Waals surface area contributed by atoms with Crippen LogP contribution in [0.4, 0.5) is 5.69 Å². The number of hydrogen-bond donors (Lipinski definition) is 1. The Hall–Kier alpha value is -2.14. The molecule has 0 fully saturated rings. The zero-order valence-electron chi connectivity index (χ0n) is 13.3. The lowest BCUT2D eigenvalue weighted by atomic mass is 9.90. The van der Waals surface area contributed by atoms with Gasteiger partial charge in [-0.1, -0.05) is 6.92 Å². The lowest BCUT2D eigenvalue weighted by molar-refractivity contribution is 0.0991. The van der Waals surface area contributed by atoms with E-state index in [4.69, 9.17) is 5.73 Å². The van der Waals surface area contributed by atoms with Crippen LogP contribution in [0, 0.1) is 5.92 Å². The maximum absolute atomic E-state index is 12.7. The highest BCUT2D eigenvalue weighted by atomic mass is 32.1. The quantitative estimate of drug-likeness (QED) is 0.940. The number of carbonyl (C=O) groups excluding carboxylic acids is 2. The summed E-state index contributed by atoms with van der Waals surface area (Å²) >= 11 is 1.61. The van der Waals surface area contributed by atoms with Crippen molar-refractivity contribution >= 4 is 28.8 Å². The molecule has 1 aromatic carbocycles. The SMILES string of the molecule is CC1CCc2sc(C(=O)N(C)c3ccc(C(N)=O)cc3)cc2C1. The van der Waals surface area contributed by atoms with E-state index in [9.17, 15) is 9.59 Å². The molecular weight excluding hydrogens is 308 g/mol.